The molecule has 1 atom stereocenters. The van der Waals surface area contributed by atoms with Crippen LogP contribution in [0.1, 0.15) is 36.8 Å². The molecular formula is C25H31FN6O. The van der Waals surface area contributed by atoms with Crippen LogP contribution >= 0.6 is 0 Å². The van der Waals surface area contributed by atoms with E-state index in [1.54, 1.807) is 4.90 Å². The van der Waals surface area contributed by atoms with Crippen LogP contribution in [0.25, 0.3) is 0 Å². The molecule has 0 bridgehead atoms. The predicted octanol–water partition coefficient (Wildman–Crippen LogP) is 3.72. The predicted molar refractivity (Wildman–Crippen MR) is 127 cm³/mol. The number of halogens is 1. The fourth-order valence-corrected chi connectivity index (χ4v) is 4.79. The fourth-order valence-electron chi connectivity index (χ4n) is 4.79. The lowest BCUT2D eigenvalue weighted by Gasteiger charge is -2.32. The molecular weight excluding hydrogens is 419 g/mol. The van der Waals surface area contributed by atoms with E-state index in [0.717, 1.165) is 44.0 Å². The minimum absolute atomic E-state index is 0.0674. The van der Waals surface area contributed by atoms with E-state index in [1.165, 1.54) is 42.8 Å². The van der Waals surface area contributed by atoms with Crippen molar-refractivity contribution in [2.45, 2.75) is 44.7 Å². The van der Waals surface area contributed by atoms with Crippen molar-refractivity contribution in [3.63, 3.8) is 0 Å². The lowest BCUT2D eigenvalue weighted by molar-refractivity contribution is -0.127. The Bertz CT molecular complexity index is 1040. The molecule has 8 heteroatoms. The van der Waals surface area contributed by atoms with Gasteiger partial charge in [-0.3, -0.25) is 9.69 Å². The molecule has 2 N–H and O–H groups in total. The van der Waals surface area contributed by atoms with Gasteiger partial charge in [0.05, 0.1) is 6.20 Å². The molecule has 174 valence electrons. The molecule has 3 heterocycles. The summed E-state index contributed by atoms with van der Waals surface area (Å²) in [5, 5.41) is 6.39. The topological polar surface area (TPSA) is 73.4 Å². The van der Waals surface area contributed by atoms with E-state index in [9.17, 15) is 9.18 Å². The zero-order chi connectivity index (χ0) is 22.8. The first-order valence-electron chi connectivity index (χ1n) is 11.9. The van der Waals surface area contributed by atoms with Crippen LogP contribution in [0, 0.1) is 11.7 Å². The third-order valence-corrected chi connectivity index (χ3v) is 6.76. The number of anilines is 3. The molecule has 1 aliphatic carbocycles. The lowest BCUT2D eigenvalue weighted by Crippen LogP contribution is -2.44. The van der Waals surface area contributed by atoms with Crippen molar-refractivity contribution < 1.29 is 9.18 Å². The van der Waals surface area contributed by atoms with E-state index in [0.29, 0.717) is 19.0 Å². The molecule has 1 amide bonds. The molecule has 1 aromatic carbocycles. The van der Waals surface area contributed by atoms with Crippen molar-refractivity contribution in [1.29, 1.82) is 0 Å². The number of hydrogen-bond acceptors (Lipinski definition) is 6. The van der Waals surface area contributed by atoms with Crippen molar-refractivity contribution in [1.82, 2.24) is 19.8 Å². The summed E-state index contributed by atoms with van der Waals surface area (Å²) in [5.74, 6) is 0.799. The Morgan fingerprint density at radius 3 is 2.94 bits per heavy atom. The van der Waals surface area contributed by atoms with E-state index in [-0.39, 0.29) is 17.8 Å². The quantitative estimate of drug-likeness (QED) is 0.627. The Balaban J connectivity index is 1.24. The number of carbonyl (C=O) groups is 1. The number of fused-ring (bicyclic) bond motifs is 1. The Morgan fingerprint density at radius 1 is 1.24 bits per heavy atom. The first kappa shape index (κ1) is 21.8. The standard InChI is InChI=1S/C25H31FN6O/c1-2-23(33)32-10-3-4-21(16-32)28-24-22(26)13-27-25(30-24)29-20-8-7-19-15-31(14-17-5-6-17)11-9-18(19)12-20/h2,7-8,12-13,17,21H,1,3-6,9-11,14-16H2,(H2,27,28,29,30). The summed E-state index contributed by atoms with van der Waals surface area (Å²) in [4.78, 5) is 24.7. The summed E-state index contributed by atoms with van der Waals surface area (Å²) in [7, 11) is 0. The SMILES string of the molecule is C=CC(=O)N1CCCC(Nc2nc(Nc3ccc4c(c3)CCN(CC3CC3)C4)ncc2F)C1. The van der Waals surface area contributed by atoms with E-state index < -0.39 is 5.82 Å². The second-order valence-electron chi connectivity index (χ2n) is 9.40. The molecule has 1 unspecified atom stereocenters. The van der Waals surface area contributed by atoms with Crippen LogP contribution in [-0.2, 0) is 17.8 Å². The molecule has 2 fully saturated rings. The Morgan fingerprint density at radius 2 is 2.12 bits per heavy atom. The minimum Gasteiger partial charge on any atom is -0.363 e. The highest BCUT2D eigenvalue weighted by Gasteiger charge is 2.26. The third kappa shape index (κ3) is 5.33. The zero-order valence-electron chi connectivity index (χ0n) is 18.9. The number of piperidine rings is 1. The fraction of sp³-hybridized carbons (Fsp3) is 0.480. The summed E-state index contributed by atoms with van der Waals surface area (Å²) in [6, 6.07) is 6.30. The second kappa shape index (κ2) is 9.47. The monoisotopic (exact) mass is 450 g/mol. The van der Waals surface area contributed by atoms with E-state index in [2.05, 4.69) is 44.2 Å². The molecule has 1 saturated carbocycles. The van der Waals surface area contributed by atoms with Gasteiger partial charge in [-0.05, 0) is 67.4 Å². The number of nitrogens with one attached hydrogen (secondary N) is 2. The molecule has 2 aliphatic heterocycles. The number of nitrogens with zero attached hydrogens (tertiary/aromatic N) is 4. The molecule has 2 aromatic rings. The molecule has 5 rings (SSSR count). The van der Waals surface area contributed by atoms with Crippen LogP contribution < -0.4 is 10.6 Å². The van der Waals surface area contributed by atoms with E-state index in [4.69, 9.17) is 0 Å². The van der Waals surface area contributed by atoms with Gasteiger partial charge in [0, 0.05) is 44.5 Å². The first-order chi connectivity index (χ1) is 16.1. The van der Waals surface area contributed by atoms with Gasteiger partial charge in [0.25, 0.3) is 0 Å². The molecule has 1 aromatic heterocycles. The van der Waals surface area contributed by atoms with Gasteiger partial charge in [0.1, 0.15) is 0 Å². The highest BCUT2D eigenvalue weighted by molar-refractivity contribution is 5.87. The van der Waals surface area contributed by atoms with Gasteiger partial charge in [0.2, 0.25) is 11.9 Å². The van der Waals surface area contributed by atoms with Gasteiger partial charge in [0.15, 0.2) is 11.6 Å². The van der Waals surface area contributed by atoms with Gasteiger partial charge >= 0.3 is 0 Å². The van der Waals surface area contributed by atoms with Crippen LogP contribution in [0.4, 0.5) is 21.8 Å². The van der Waals surface area contributed by atoms with Crippen molar-refractivity contribution in [2.24, 2.45) is 5.92 Å². The molecule has 1 saturated heterocycles. The number of benzene rings is 1. The zero-order valence-corrected chi connectivity index (χ0v) is 18.9. The Kier molecular flexibility index (Phi) is 6.26. The number of carbonyl (C=O) groups excluding carboxylic acids is 1. The highest BCUT2D eigenvalue weighted by atomic mass is 19.1. The molecule has 7 nitrogen and oxygen atoms in total. The Hall–Kier alpha value is -3.00. The van der Waals surface area contributed by atoms with Crippen LogP contribution in [-0.4, -0.2) is 57.9 Å². The summed E-state index contributed by atoms with van der Waals surface area (Å²) < 4.78 is 14.4. The largest absolute Gasteiger partial charge is 0.363 e. The lowest BCUT2D eigenvalue weighted by atomic mass is 9.99. The summed E-state index contributed by atoms with van der Waals surface area (Å²) in [6.07, 6.45) is 7.99. The van der Waals surface area contributed by atoms with Crippen LogP contribution in [0.5, 0.6) is 0 Å². The van der Waals surface area contributed by atoms with Crippen molar-refractivity contribution in [3.8, 4) is 0 Å². The maximum Gasteiger partial charge on any atom is 0.246 e. The average Bonchev–Trinajstić information content (AvgIpc) is 3.65. The molecule has 33 heavy (non-hydrogen) atoms. The maximum atomic E-state index is 14.4. The highest BCUT2D eigenvalue weighted by Crippen LogP contribution is 2.32. The van der Waals surface area contributed by atoms with Crippen LogP contribution in [0.3, 0.4) is 0 Å². The minimum atomic E-state index is -0.506. The number of aromatic nitrogens is 2. The van der Waals surface area contributed by atoms with Crippen molar-refractivity contribution in [3.05, 3.63) is 54.0 Å². The van der Waals surface area contributed by atoms with Crippen molar-refractivity contribution in [2.75, 3.05) is 36.8 Å². The first-order valence-corrected chi connectivity index (χ1v) is 11.9. The van der Waals surface area contributed by atoms with Gasteiger partial charge < -0.3 is 15.5 Å². The number of amides is 1. The third-order valence-electron chi connectivity index (χ3n) is 6.76. The normalized spacial score (nSPS) is 20.8. The van der Waals surface area contributed by atoms with Gasteiger partial charge in [-0.2, -0.15) is 4.98 Å². The van der Waals surface area contributed by atoms with E-state index >= 15 is 0 Å². The second-order valence-corrected chi connectivity index (χ2v) is 9.40. The number of hydrogen-bond donors (Lipinski definition) is 2. The molecule has 0 radical (unpaired) electrons. The number of likely N-dealkylation sites (tertiary alicyclic amines) is 1. The van der Waals surface area contributed by atoms with Crippen molar-refractivity contribution >= 4 is 23.4 Å². The maximum absolute atomic E-state index is 14.4. The molecule has 0 spiro atoms. The summed E-state index contributed by atoms with van der Waals surface area (Å²) in [5.41, 5.74) is 3.63. The average molecular weight is 451 g/mol. The van der Waals surface area contributed by atoms with Crippen LogP contribution in [0.2, 0.25) is 0 Å². The van der Waals surface area contributed by atoms with Crippen LogP contribution in [0.15, 0.2) is 37.1 Å². The van der Waals surface area contributed by atoms with Gasteiger partial charge in [-0.15, -0.1) is 0 Å². The summed E-state index contributed by atoms with van der Waals surface area (Å²) in [6.45, 7) is 8.08. The Labute approximate surface area is 194 Å². The van der Waals surface area contributed by atoms with E-state index in [1.807, 2.05) is 6.07 Å². The van der Waals surface area contributed by atoms with Gasteiger partial charge in [-0.25, -0.2) is 9.37 Å². The molecule has 3 aliphatic rings. The van der Waals surface area contributed by atoms with Gasteiger partial charge in [-0.1, -0.05) is 12.6 Å². The number of rotatable bonds is 7. The summed E-state index contributed by atoms with van der Waals surface area (Å²) >= 11 is 0. The smallest absolute Gasteiger partial charge is 0.246 e.